The smallest absolute Gasteiger partial charge is 0.392 e. The third-order valence-corrected chi connectivity index (χ3v) is 16.4. The van der Waals surface area contributed by atoms with Crippen molar-refractivity contribution in [1.29, 1.82) is 0 Å². The summed E-state index contributed by atoms with van der Waals surface area (Å²) >= 11 is 0. The summed E-state index contributed by atoms with van der Waals surface area (Å²) in [4.78, 5) is 26.2. The van der Waals surface area contributed by atoms with Gasteiger partial charge in [0.1, 0.15) is 23.0 Å². The third kappa shape index (κ3) is 10.2. The Morgan fingerprint density at radius 3 is 1.16 bits per heavy atom. The number of hydrogen-bond acceptors (Lipinski definition) is 7. The molecule has 2 N–H and O–H groups in total. The topological polar surface area (TPSA) is 127 Å². The fraction of sp³-hybridized carbons (Fsp3) is 0.951. The maximum Gasteiger partial charge on any atom is 0.403 e. The second-order valence-electron chi connectivity index (χ2n) is 18.4. The van der Waals surface area contributed by atoms with Crippen LogP contribution in [0.4, 0.5) is 30.7 Å². The minimum Gasteiger partial charge on any atom is -0.392 e. The SMILES string of the molecule is O=C(C1CCC(F)CC1)C1CCC(OC2CCC(C(C3CCC(OC4CCC(C(=O)C5CCC(O)C(S(=O)(=O)O)C5)CC4)CC3)(C(F)(F)F)C(F)(F)F)CC2)CC1. The van der Waals surface area contributed by atoms with Gasteiger partial charge in [0.25, 0.3) is 10.1 Å². The van der Waals surface area contributed by atoms with Crippen molar-refractivity contribution in [3.8, 4) is 0 Å². The molecule has 0 amide bonds. The molecule has 0 bridgehead atoms. The predicted molar refractivity (Wildman–Crippen MR) is 195 cm³/mol. The number of aliphatic hydroxyl groups is 1. The number of ketones is 2. The minimum absolute atomic E-state index is 0.0691. The van der Waals surface area contributed by atoms with Crippen LogP contribution in [0.5, 0.6) is 0 Å². The van der Waals surface area contributed by atoms with Crippen molar-refractivity contribution < 1.29 is 67.9 Å². The van der Waals surface area contributed by atoms with Crippen molar-refractivity contribution in [2.24, 2.45) is 40.9 Å². The average Bonchev–Trinajstić information content (AvgIpc) is 3.15. The molecule has 57 heavy (non-hydrogen) atoms. The van der Waals surface area contributed by atoms with Crippen LogP contribution in [0.15, 0.2) is 0 Å². The fourth-order valence-electron chi connectivity index (χ4n) is 11.9. The Labute approximate surface area is 331 Å². The lowest BCUT2D eigenvalue weighted by molar-refractivity contribution is -0.383. The Kier molecular flexibility index (Phi) is 14.5. The fourth-order valence-corrected chi connectivity index (χ4v) is 12.9. The molecule has 0 aliphatic heterocycles. The summed E-state index contributed by atoms with van der Waals surface area (Å²) in [5, 5.41) is 8.62. The van der Waals surface area contributed by atoms with E-state index in [0.29, 0.717) is 83.5 Å². The molecular weight excluding hydrogens is 785 g/mol. The Hall–Kier alpha value is -1.36. The van der Waals surface area contributed by atoms with E-state index in [4.69, 9.17) is 9.47 Å². The van der Waals surface area contributed by atoms with Gasteiger partial charge in [0.15, 0.2) is 5.41 Å². The van der Waals surface area contributed by atoms with Crippen LogP contribution in [0.25, 0.3) is 0 Å². The van der Waals surface area contributed by atoms with Gasteiger partial charge in [-0.05, 0) is 160 Å². The molecule has 3 unspecified atom stereocenters. The summed E-state index contributed by atoms with van der Waals surface area (Å²) in [6, 6.07) is 0. The van der Waals surface area contributed by atoms with E-state index in [0.717, 1.165) is 0 Å². The molecule has 0 radical (unpaired) electrons. The first kappa shape index (κ1) is 45.2. The zero-order valence-corrected chi connectivity index (χ0v) is 33.5. The Bertz CT molecular complexity index is 1440. The molecule has 0 aromatic rings. The van der Waals surface area contributed by atoms with Crippen LogP contribution in [0.2, 0.25) is 0 Å². The Morgan fingerprint density at radius 2 is 0.807 bits per heavy atom. The van der Waals surface area contributed by atoms with Crippen LogP contribution in [0.1, 0.15) is 148 Å². The summed E-state index contributed by atoms with van der Waals surface area (Å²) < 4.78 is 149. The predicted octanol–water partition coefficient (Wildman–Crippen LogP) is 9.45. The number of halogens is 7. The summed E-state index contributed by atoms with van der Waals surface area (Å²) in [7, 11) is -4.52. The quantitative estimate of drug-likeness (QED) is 0.156. The van der Waals surface area contributed by atoms with Gasteiger partial charge >= 0.3 is 12.4 Å². The average molecular weight is 847 g/mol. The molecule has 328 valence electrons. The molecule has 0 aromatic heterocycles. The van der Waals surface area contributed by atoms with E-state index in [1.807, 2.05) is 0 Å². The second-order valence-corrected chi connectivity index (χ2v) is 20.1. The molecule has 0 aromatic carbocycles. The van der Waals surface area contributed by atoms with Crippen LogP contribution < -0.4 is 0 Å². The van der Waals surface area contributed by atoms with E-state index < -0.39 is 75.4 Å². The van der Waals surface area contributed by atoms with E-state index in [2.05, 4.69) is 0 Å². The number of Topliss-reactive ketones (excluding diaryl/α,β-unsaturated/α-hetero) is 2. The van der Waals surface area contributed by atoms with Crippen molar-refractivity contribution in [2.75, 3.05) is 0 Å². The van der Waals surface area contributed by atoms with Crippen molar-refractivity contribution in [3.05, 3.63) is 0 Å². The van der Waals surface area contributed by atoms with E-state index in [9.17, 15) is 32.1 Å². The lowest BCUT2D eigenvalue weighted by Gasteiger charge is -2.51. The van der Waals surface area contributed by atoms with E-state index >= 15 is 26.3 Å². The highest BCUT2D eigenvalue weighted by atomic mass is 32.2. The van der Waals surface area contributed by atoms with Crippen LogP contribution in [0.3, 0.4) is 0 Å². The molecule has 6 aliphatic carbocycles. The van der Waals surface area contributed by atoms with Gasteiger partial charge in [0, 0.05) is 23.7 Å². The highest BCUT2D eigenvalue weighted by Gasteiger charge is 2.76. The largest absolute Gasteiger partial charge is 0.403 e. The second kappa shape index (κ2) is 18.3. The molecule has 16 heteroatoms. The lowest BCUT2D eigenvalue weighted by Crippen LogP contribution is -2.61. The van der Waals surface area contributed by atoms with Crippen molar-refractivity contribution >= 4 is 21.7 Å². The maximum atomic E-state index is 15.1. The van der Waals surface area contributed by atoms with Gasteiger partial charge in [-0.3, -0.25) is 14.1 Å². The first-order valence-electron chi connectivity index (χ1n) is 21.6. The van der Waals surface area contributed by atoms with Crippen LogP contribution in [0, 0.1) is 40.9 Å². The molecular formula is C41H61F7O8S. The summed E-state index contributed by atoms with van der Waals surface area (Å²) in [6.45, 7) is 0. The Morgan fingerprint density at radius 1 is 0.491 bits per heavy atom. The molecule has 6 aliphatic rings. The van der Waals surface area contributed by atoms with Gasteiger partial charge in [-0.1, -0.05) is 0 Å². The minimum atomic E-state index is -5.50. The maximum absolute atomic E-state index is 15.1. The van der Waals surface area contributed by atoms with Gasteiger partial charge in [0.2, 0.25) is 0 Å². The molecule has 8 nitrogen and oxygen atoms in total. The van der Waals surface area contributed by atoms with Crippen LogP contribution >= 0.6 is 0 Å². The number of hydrogen-bond donors (Lipinski definition) is 2. The zero-order chi connectivity index (χ0) is 41.3. The van der Waals surface area contributed by atoms with E-state index in [1.54, 1.807) is 0 Å². The highest BCUT2D eigenvalue weighted by molar-refractivity contribution is 7.86. The summed E-state index contributed by atoms with van der Waals surface area (Å²) in [5.74, 6) is -4.36. The Balaban J connectivity index is 0.974. The van der Waals surface area contributed by atoms with Gasteiger partial charge in [0.05, 0.1) is 30.5 Å². The van der Waals surface area contributed by atoms with Crippen LogP contribution in [-0.2, 0) is 29.2 Å². The monoisotopic (exact) mass is 846 g/mol. The summed E-state index contributed by atoms with van der Waals surface area (Å²) in [5.41, 5.74) is -3.84. The molecule has 3 atom stereocenters. The first-order chi connectivity index (χ1) is 26.8. The van der Waals surface area contributed by atoms with Crippen molar-refractivity contribution in [3.63, 3.8) is 0 Å². The van der Waals surface area contributed by atoms with Gasteiger partial charge in [-0.15, -0.1) is 0 Å². The lowest BCUT2D eigenvalue weighted by atomic mass is 9.57. The molecule has 6 fully saturated rings. The molecule has 0 spiro atoms. The number of carbonyl (C=O) groups is 2. The third-order valence-electron chi connectivity index (χ3n) is 15.1. The number of rotatable bonds is 11. The number of carbonyl (C=O) groups excluding carboxylic acids is 2. The number of aliphatic hydroxyl groups excluding tert-OH is 1. The van der Waals surface area contributed by atoms with Crippen LogP contribution in [-0.4, -0.2) is 83.9 Å². The number of ether oxygens (including phenoxy) is 2. The molecule has 0 saturated heterocycles. The normalized spacial score (nSPS) is 39.4. The number of alkyl halides is 7. The van der Waals surface area contributed by atoms with E-state index in [1.165, 1.54) is 0 Å². The first-order valence-corrected chi connectivity index (χ1v) is 23.1. The summed E-state index contributed by atoms with van der Waals surface area (Å²) in [6.07, 6.45) is -8.60. The van der Waals surface area contributed by atoms with Gasteiger partial charge < -0.3 is 14.6 Å². The van der Waals surface area contributed by atoms with Gasteiger partial charge in [-0.25, -0.2) is 4.39 Å². The van der Waals surface area contributed by atoms with Crippen molar-refractivity contribution in [2.45, 2.75) is 202 Å². The van der Waals surface area contributed by atoms with E-state index in [-0.39, 0.29) is 106 Å². The highest BCUT2D eigenvalue weighted by Crippen LogP contribution is 2.65. The zero-order valence-electron chi connectivity index (χ0n) is 32.7. The molecule has 6 rings (SSSR count). The van der Waals surface area contributed by atoms with Crippen molar-refractivity contribution in [1.82, 2.24) is 0 Å². The standard InChI is InChI=1S/C41H61F7O8S/c42-30-12-1-24(2-13-30)37(50)25-3-14-31(15-4-25)55-33-18-8-28(9-19-33)39(40(43,44)45,41(46,47)48)29-10-20-34(21-11-29)56-32-16-5-26(6-17-32)38(51)27-7-22-35(49)36(23-27)57(52,53)54/h24-36,49H,1-23H2,(H,52,53,54). The van der Waals surface area contributed by atoms with Gasteiger partial charge in [-0.2, -0.15) is 34.8 Å². The molecule has 0 heterocycles. The molecule has 6 saturated carbocycles.